The largest absolute Gasteiger partial charge is 0.481 e. The molecule has 7 heteroatoms. The summed E-state index contributed by atoms with van der Waals surface area (Å²) < 4.78 is 26.0. The third-order valence-electron chi connectivity index (χ3n) is 3.37. The summed E-state index contributed by atoms with van der Waals surface area (Å²) in [7, 11) is 0. The highest BCUT2D eigenvalue weighted by atomic mass is 19.1. The van der Waals surface area contributed by atoms with Crippen molar-refractivity contribution in [1.29, 1.82) is 0 Å². The number of carboxylic acid groups (broad SMARTS) is 1. The number of aliphatic carboxylic acids is 1. The molecule has 114 valence electrons. The van der Waals surface area contributed by atoms with Crippen molar-refractivity contribution in [1.82, 2.24) is 4.90 Å². The number of hydrogen-bond donors (Lipinski definition) is 2. The fourth-order valence-corrected chi connectivity index (χ4v) is 2.43. The number of carbonyl (C=O) groups excluding carboxylic acids is 1. The minimum Gasteiger partial charge on any atom is -0.481 e. The summed E-state index contributed by atoms with van der Waals surface area (Å²) in [6.45, 7) is 0.941. The Morgan fingerprint density at radius 1 is 1.29 bits per heavy atom. The highest BCUT2D eigenvalue weighted by Gasteiger charge is 2.26. The van der Waals surface area contributed by atoms with Crippen LogP contribution in [-0.2, 0) is 9.59 Å². The molecule has 5 nitrogen and oxygen atoms in total. The number of likely N-dealkylation sites (tertiary alicyclic amines) is 1. The van der Waals surface area contributed by atoms with Crippen LogP contribution in [0.5, 0.6) is 0 Å². The summed E-state index contributed by atoms with van der Waals surface area (Å²) in [5, 5.41) is 11.4. The van der Waals surface area contributed by atoms with E-state index >= 15 is 0 Å². The standard InChI is InChI=1S/C14H16F2N2O3/c15-10-4-11(16)6-12(5-10)17-13(19)8-18-3-1-2-9(7-18)14(20)21/h4-6,9H,1-3,7-8H2,(H,17,19)(H,20,21). The fourth-order valence-electron chi connectivity index (χ4n) is 2.43. The maximum atomic E-state index is 13.0. The molecule has 0 radical (unpaired) electrons. The molecule has 2 N–H and O–H groups in total. The number of piperidine rings is 1. The Kier molecular flexibility index (Phi) is 4.85. The van der Waals surface area contributed by atoms with Crippen LogP contribution < -0.4 is 5.32 Å². The summed E-state index contributed by atoms with van der Waals surface area (Å²) in [6.07, 6.45) is 1.31. The predicted octanol–water partition coefficient (Wildman–Crippen LogP) is 1.70. The monoisotopic (exact) mass is 298 g/mol. The number of carboxylic acids is 1. The molecule has 1 heterocycles. The molecular formula is C14H16F2N2O3. The molecule has 1 amide bonds. The van der Waals surface area contributed by atoms with Gasteiger partial charge in [0.15, 0.2) is 0 Å². The van der Waals surface area contributed by atoms with Gasteiger partial charge >= 0.3 is 5.97 Å². The second-order valence-corrected chi connectivity index (χ2v) is 5.12. The van der Waals surface area contributed by atoms with Gasteiger partial charge in [-0.2, -0.15) is 0 Å². The van der Waals surface area contributed by atoms with Gasteiger partial charge in [0.2, 0.25) is 5.91 Å². The fraction of sp³-hybridized carbons (Fsp3) is 0.429. The average molecular weight is 298 g/mol. The lowest BCUT2D eigenvalue weighted by atomic mass is 9.98. The molecule has 1 fully saturated rings. The lowest BCUT2D eigenvalue weighted by Crippen LogP contribution is -2.42. The summed E-state index contributed by atoms with van der Waals surface area (Å²) in [5.41, 5.74) is 0.0456. The molecule has 2 rings (SSSR count). The van der Waals surface area contributed by atoms with Crippen LogP contribution in [0.3, 0.4) is 0 Å². The third kappa shape index (κ3) is 4.49. The van der Waals surface area contributed by atoms with Gasteiger partial charge in [0.1, 0.15) is 11.6 Å². The van der Waals surface area contributed by atoms with E-state index in [0.29, 0.717) is 25.9 Å². The second kappa shape index (κ2) is 6.62. The lowest BCUT2D eigenvalue weighted by Gasteiger charge is -2.29. The predicted molar refractivity (Wildman–Crippen MR) is 71.8 cm³/mol. The van der Waals surface area contributed by atoms with Gasteiger partial charge in [0.25, 0.3) is 0 Å². The Labute approximate surface area is 120 Å². The number of amides is 1. The van der Waals surface area contributed by atoms with Gasteiger partial charge in [-0.1, -0.05) is 0 Å². The zero-order valence-electron chi connectivity index (χ0n) is 11.3. The van der Waals surface area contributed by atoms with Crippen LogP contribution in [0.2, 0.25) is 0 Å². The minimum atomic E-state index is -0.868. The molecule has 1 aliphatic heterocycles. The molecule has 21 heavy (non-hydrogen) atoms. The van der Waals surface area contributed by atoms with Crippen molar-refractivity contribution >= 4 is 17.6 Å². The maximum Gasteiger partial charge on any atom is 0.307 e. The number of nitrogens with zero attached hydrogens (tertiary/aromatic N) is 1. The smallest absolute Gasteiger partial charge is 0.307 e. The topological polar surface area (TPSA) is 69.6 Å². The number of hydrogen-bond acceptors (Lipinski definition) is 3. The molecule has 0 aliphatic carbocycles. The Bertz CT molecular complexity index is 531. The van der Waals surface area contributed by atoms with Gasteiger partial charge in [-0.25, -0.2) is 8.78 Å². The SMILES string of the molecule is O=C(CN1CCCC(C(=O)O)C1)Nc1cc(F)cc(F)c1. The number of anilines is 1. The van der Waals surface area contributed by atoms with Crippen LogP contribution >= 0.6 is 0 Å². The zero-order valence-corrected chi connectivity index (χ0v) is 11.3. The van der Waals surface area contributed by atoms with E-state index < -0.39 is 29.4 Å². The van der Waals surface area contributed by atoms with Gasteiger partial charge in [-0.05, 0) is 31.5 Å². The Hall–Kier alpha value is -2.02. The lowest BCUT2D eigenvalue weighted by molar-refractivity contribution is -0.144. The van der Waals surface area contributed by atoms with Gasteiger partial charge < -0.3 is 10.4 Å². The van der Waals surface area contributed by atoms with E-state index in [-0.39, 0.29) is 12.2 Å². The quantitative estimate of drug-likeness (QED) is 0.887. The van der Waals surface area contributed by atoms with E-state index in [4.69, 9.17) is 5.11 Å². The summed E-state index contributed by atoms with van der Waals surface area (Å²) >= 11 is 0. The van der Waals surface area contributed by atoms with Gasteiger partial charge in [-0.3, -0.25) is 14.5 Å². The van der Waals surface area contributed by atoms with Crippen molar-refractivity contribution < 1.29 is 23.5 Å². The second-order valence-electron chi connectivity index (χ2n) is 5.12. The minimum absolute atomic E-state index is 0.00190. The van der Waals surface area contributed by atoms with Crippen molar-refractivity contribution in [2.24, 2.45) is 5.92 Å². The average Bonchev–Trinajstić information content (AvgIpc) is 2.37. The molecule has 0 saturated carbocycles. The van der Waals surface area contributed by atoms with Crippen LogP contribution in [0.25, 0.3) is 0 Å². The van der Waals surface area contributed by atoms with Crippen molar-refractivity contribution in [3.8, 4) is 0 Å². The van der Waals surface area contributed by atoms with E-state index in [1.165, 1.54) is 0 Å². The number of carbonyl (C=O) groups is 2. The molecule has 0 spiro atoms. The number of benzene rings is 1. The Morgan fingerprint density at radius 3 is 2.57 bits per heavy atom. The Morgan fingerprint density at radius 2 is 1.95 bits per heavy atom. The van der Waals surface area contributed by atoms with E-state index in [1.807, 2.05) is 0 Å². The number of rotatable bonds is 4. The normalized spacial score (nSPS) is 19.2. The number of nitrogens with one attached hydrogen (secondary N) is 1. The molecule has 1 unspecified atom stereocenters. The molecule has 1 aromatic carbocycles. The molecule has 1 aromatic rings. The molecule has 1 atom stereocenters. The van der Waals surface area contributed by atoms with Crippen molar-refractivity contribution in [3.63, 3.8) is 0 Å². The summed E-state index contributed by atoms with van der Waals surface area (Å²) in [6, 6.07) is 2.77. The third-order valence-corrected chi connectivity index (χ3v) is 3.37. The van der Waals surface area contributed by atoms with Gasteiger partial charge in [0.05, 0.1) is 12.5 Å². The van der Waals surface area contributed by atoms with Crippen LogP contribution in [0.15, 0.2) is 18.2 Å². The van der Waals surface area contributed by atoms with Crippen LogP contribution in [0, 0.1) is 17.6 Å². The summed E-state index contributed by atoms with van der Waals surface area (Å²) in [4.78, 5) is 24.5. The summed E-state index contributed by atoms with van der Waals surface area (Å²) in [5.74, 6) is -3.31. The van der Waals surface area contributed by atoms with Crippen molar-refractivity contribution in [3.05, 3.63) is 29.8 Å². The maximum absolute atomic E-state index is 13.0. The molecule has 1 saturated heterocycles. The molecule has 1 aliphatic rings. The first-order chi connectivity index (χ1) is 9.94. The molecule has 0 bridgehead atoms. The molecule has 0 aromatic heterocycles. The Balaban J connectivity index is 1.90. The highest BCUT2D eigenvalue weighted by molar-refractivity contribution is 5.92. The van der Waals surface area contributed by atoms with Crippen molar-refractivity contribution in [2.45, 2.75) is 12.8 Å². The van der Waals surface area contributed by atoms with E-state index in [0.717, 1.165) is 18.2 Å². The van der Waals surface area contributed by atoms with E-state index in [9.17, 15) is 18.4 Å². The highest BCUT2D eigenvalue weighted by Crippen LogP contribution is 2.17. The van der Waals surface area contributed by atoms with Gasteiger partial charge in [0, 0.05) is 18.3 Å². The molecular weight excluding hydrogens is 282 g/mol. The first-order valence-electron chi connectivity index (χ1n) is 6.65. The van der Waals surface area contributed by atoms with E-state index in [1.54, 1.807) is 4.90 Å². The van der Waals surface area contributed by atoms with E-state index in [2.05, 4.69) is 5.32 Å². The zero-order chi connectivity index (χ0) is 15.4. The van der Waals surface area contributed by atoms with Crippen LogP contribution in [0.4, 0.5) is 14.5 Å². The number of halogens is 2. The van der Waals surface area contributed by atoms with Crippen molar-refractivity contribution in [2.75, 3.05) is 25.0 Å². The first-order valence-corrected chi connectivity index (χ1v) is 6.65. The van der Waals surface area contributed by atoms with Crippen LogP contribution in [0.1, 0.15) is 12.8 Å². The first kappa shape index (κ1) is 15.4. The van der Waals surface area contributed by atoms with Crippen LogP contribution in [-0.4, -0.2) is 41.5 Å². The van der Waals surface area contributed by atoms with Gasteiger partial charge in [-0.15, -0.1) is 0 Å².